The minimum absolute atomic E-state index is 0.121. The van der Waals surface area contributed by atoms with Crippen LogP contribution in [0, 0.1) is 13.8 Å². The first-order valence-electron chi connectivity index (χ1n) is 7.29. The molecule has 112 valence electrons. The molecule has 0 aliphatic heterocycles. The number of aryl methyl sites for hydroxylation is 2. The van der Waals surface area contributed by atoms with Gasteiger partial charge >= 0.3 is 0 Å². The second kappa shape index (κ2) is 7.44. The highest BCUT2D eigenvalue weighted by atomic mass is 79.9. The molecule has 0 aromatic heterocycles. The van der Waals surface area contributed by atoms with E-state index in [1.54, 1.807) is 0 Å². The second-order valence-corrected chi connectivity index (χ2v) is 6.62. The maximum atomic E-state index is 6.51. The predicted octanol–water partition coefficient (Wildman–Crippen LogP) is 5.81. The van der Waals surface area contributed by atoms with Gasteiger partial charge in [0, 0.05) is 4.47 Å². The molecule has 2 aromatic rings. The van der Waals surface area contributed by atoms with Crippen molar-refractivity contribution in [2.75, 3.05) is 6.54 Å². The molecular weight excluding hydrogens is 346 g/mol. The van der Waals surface area contributed by atoms with Crippen LogP contribution < -0.4 is 5.32 Å². The molecule has 2 rings (SSSR count). The molecule has 0 saturated carbocycles. The molecule has 3 heteroatoms. The first-order chi connectivity index (χ1) is 10.0. The quantitative estimate of drug-likeness (QED) is 0.704. The van der Waals surface area contributed by atoms with E-state index < -0.39 is 0 Å². The lowest BCUT2D eigenvalue weighted by Crippen LogP contribution is -2.24. The summed E-state index contributed by atoms with van der Waals surface area (Å²) < 4.78 is 0.940. The summed E-state index contributed by atoms with van der Waals surface area (Å²) in [5.74, 6) is 0. The third-order valence-corrected chi connectivity index (χ3v) is 4.94. The summed E-state index contributed by atoms with van der Waals surface area (Å²) >= 11 is 10.0. The Balaban J connectivity index is 2.49. The zero-order chi connectivity index (χ0) is 15.4. The molecule has 1 nitrogen and oxygen atoms in total. The van der Waals surface area contributed by atoms with E-state index in [-0.39, 0.29) is 6.04 Å². The van der Waals surface area contributed by atoms with Gasteiger partial charge in [-0.3, -0.25) is 0 Å². The average molecular weight is 367 g/mol. The van der Waals surface area contributed by atoms with Crippen molar-refractivity contribution >= 4 is 27.5 Å². The molecular formula is C18H21BrClN. The van der Waals surface area contributed by atoms with E-state index in [0.29, 0.717) is 0 Å². The first-order valence-corrected chi connectivity index (χ1v) is 8.46. The van der Waals surface area contributed by atoms with E-state index in [9.17, 15) is 0 Å². The molecule has 0 amide bonds. The Bertz CT molecular complexity index is 625. The number of hydrogen-bond acceptors (Lipinski definition) is 1. The normalized spacial score (nSPS) is 12.4. The summed E-state index contributed by atoms with van der Waals surface area (Å²) in [5, 5.41) is 4.41. The van der Waals surface area contributed by atoms with Crippen molar-refractivity contribution < 1.29 is 0 Å². The van der Waals surface area contributed by atoms with Crippen LogP contribution in [0.4, 0.5) is 0 Å². The molecule has 0 bridgehead atoms. The van der Waals surface area contributed by atoms with Crippen LogP contribution in [0.25, 0.3) is 0 Å². The molecule has 1 unspecified atom stereocenters. The van der Waals surface area contributed by atoms with Gasteiger partial charge in [-0.15, -0.1) is 0 Å². The molecule has 0 spiro atoms. The molecule has 0 radical (unpaired) electrons. The Morgan fingerprint density at radius 2 is 1.90 bits per heavy atom. The van der Waals surface area contributed by atoms with Gasteiger partial charge in [-0.2, -0.15) is 0 Å². The Morgan fingerprint density at radius 1 is 1.14 bits per heavy atom. The van der Waals surface area contributed by atoms with Crippen LogP contribution in [0.1, 0.15) is 41.6 Å². The summed E-state index contributed by atoms with van der Waals surface area (Å²) in [5.41, 5.74) is 4.98. The highest BCUT2D eigenvalue weighted by molar-refractivity contribution is 9.10. The Labute approximate surface area is 140 Å². The van der Waals surface area contributed by atoms with E-state index in [2.05, 4.69) is 66.3 Å². The minimum atomic E-state index is 0.121. The van der Waals surface area contributed by atoms with Crippen molar-refractivity contribution in [3.05, 3.63) is 68.1 Å². The fraction of sp³-hybridized carbons (Fsp3) is 0.333. The van der Waals surface area contributed by atoms with Crippen LogP contribution in [-0.2, 0) is 0 Å². The van der Waals surface area contributed by atoms with E-state index in [1.165, 1.54) is 16.7 Å². The smallest absolute Gasteiger partial charge is 0.0599 e. The lowest BCUT2D eigenvalue weighted by atomic mass is 9.93. The van der Waals surface area contributed by atoms with Crippen molar-refractivity contribution in [2.45, 2.75) is 33.2 Å². The van der Waals surface area contributed by atoms with Gasteiger partial charge in [0.1, 0.15) is 0 Å². The topological polar surface area (TPSA) is 12.0 Å². The van der Waals surface area contributed by atoms with Crippen LogP contribution in [0.2, 0.25) is 5.02 Å². The molecule has 0 fully saturated rings. The van der Waals surface area contributed by atoms with Crippen LogP contribution in [0.15, 0.2) is 40.9 Å². The summed E-state index contributed by atoms with van der Waals surface area (Å²) in [6.45, 7) is 7.42. The molecule has 0 aliphatic carbocycles. The van der Waals surface area contributed by atoms with Crippen LogP contribution in [0.5, 0.6) is 0 Å². The number of hydrogen-bond donors (Lipinski definition) is 1. The highest BCUT2D eigenvalue weighted by Gasteiger charge is 2.19. The highest BCUT2D eigenvalue weighted by Crippen LogP contribution is 2.34. The minimum Gasteiger partial charge on any atom is -0.306 e. The maximum absolute atomic E-state index is 6.51. The first kappa shape index (κ1) is 16.5. The zero-order valence-electron chi connectivity index (χ0n) is 12.7. The summed E-state index contributed by atoms with van der Waals surface area (Å²) in [6.07, 6.45) is 1.09. The van der Waals surface area contributed by atoms with Crippen molar-refractivity contribution in [2.24, 2.45) is 0 Å². The van der Waals surface area contributed by atoms with E-state index >= 15 is 0 Å². The number of nitrogens with one attached hydrogen (secondary N) is 1. The van der Waals surface area contributed by atoms with Gasteiger partial charge in [-0.1, -0.05) is 54.4 Å². The summed E-state index contributed by atoms with van der Waals surface area (Å²) in [7, 11) is 0. The molecule has 0 aliphatic rings. The molecule has 0 saturated heterocycles. The SMILES string of the molecule is CCCNC(c1ccc(C)cc1C)c1cccc(Br)c1Cl. The second-order valence-electron chi connectivity index (χ2n) is 5.39. The Hall–Kier alpha value is -0.830. The number of rotatable bonds is 5. The molecule has 1 atom stereocenters. The molecule has 1 N–H and O–H groups in total. The van der Waals surface area contributed by atoms with Gasteiger partial charge in [-0.25, -0.2) is 0 Å². The van der Waals surface area contributed by atoms with Crippen molar-refractivity contribution in [3.8, 4) is 0 Å². The van der Waals surface area contributed by atoms with E-state index in [0.717, 1.165) is 28.0 Å². The molecule has 0 heterocycles. The standard InChI is InChI=1S/C18H21BrClN/c1-4-10-21-18(14-9-8-12(2)11-13(14)3)15-6-5-7-16(19)17(15)20/h5-9,11,18,21H,4,10H2,1-3H3. The van der Waals surface area contributed by atoms with Gasteiger partial charge < -0.3 is 5.32 Å². The summed E-state index contributed by atoms with van der Waals surface area (Å²) in [6, 6.07) is 12.8. The van der Waals surface area contributed by atoms with E-state index in [1.807, 2.05) is 12.1 Å². The fourth-order valence-electron chi connectivity index (χ4n) is 2.57. The molecule has 2 aromatic carbocycles. The van der Waals surface area contributed by atoms with Gasteiger partial charge in [-0.05, 0) is 65.5 Å². The van der Waals surface area contributed by atoms with Crippen molar-refractivity contribution in [1.82, 2.24) is 5.32 Å². The van der Waals surface area contributed by atoms with Crippen LogP contribution in [-0.4, -0.2) is 6.54 Å². The Kier molecular flexibility index (Phi) is 5.86. The maximum Gasteiger partial charge on any atom is 0.0599 e. The predicted molar refractivity (Wildman–Crippen MR) is 95.2 cm³/mol. The van der Waals surface area contributed by atoms with Crippen LogP contribution in [0.3, 0.4) is 0 Å². The summed E-state index contributed by atoms with van der Waals surface area (Å²) in [4.78, 5) is 0. The monoisotopic (exact) mass is 365 g/mol. The molecule has 21 heavy (non-hydrogen) atoms. The average Bonchev–Trinajstić information content (AvgIpc) is 2.45. The fourth-order valence-corrected chi connectivity index (χ4v) is 3.19. The van der Waals surface area contributed by atoms with Gasteiger partial charge in [0.25, 0.3) is 0 Å². The van der Waals surface area contributed by atoms with Crippen molar-refractivity contribution in [3.63, 3.8) is 0 Å². The third kappa shape index (κ3) is 3.88. The zero-order valence-corrected chi connectivity index (χ0v) is 15.1. The number of benzene rings is 2. The lowest BCUT2D eigenvalue weighted by molar-refractivity contribution is 0.596. The Morgan fingerprint density at radius 3 is 2.57 bits per heavy atom. The van der Waals surface area contributed by atoms with Gasteiger partial charge in [0.15, 0.2) is 0 Å². The lowest BCUT2D eigenvalue weighted by Gasteiger charge is -2.23. The number of halogens is 2. The van der Waals surface area contributed by atoms with Gasteiger partial charge in [0.2, 0.25) is 0 Å². The largest absolute Gasteiger partial charge is 0.306 e. The van der Waals surface area contributed by atoms with Crippen LogP contribution >= 0.6 is 27.5 Å². The van der Waals surface area contributed by atoms with Crippen molar-refractivity contribution in [1.29, 1.82) is 0 Å². The van der Waals surface area contributed by atoms with Gasteiger partial charge in [0.05, 0.1) is 11.1 Å². The third-order valence-electron chi connectivity index (χ3n) is 3.63. The van der Waals surface area contributed by atoms with E-state index in [4.69, 9.17) is 11.6 Å².